The molecule has 3 heterocycles. The molecule has 2 aliphatic rings. The number of methoxy groups -OCH3 is 1. The quantitative estimate of drug-likeness (QED) is 0.794. The summed E-state index contributed by atoms with van der Waals surface area (Å²) in [6.45, 7) is 6.67. The van der Waals surface area contributed by atoms with E-state index in [1.54, 1.807) is 7.11 Å². The Hall–Kier alpha value is -2.41. The first-order valence-electron chi connectivity index (χ1n) is 10.2. The van der Waals surface area contributed by atoms with Crippen LogP contribution < -0.4 is 4.74 Å². The highest BCUT2D eigenvalue weighted by Crippen LogP contribution is 2.24. The molecular formula is C21H29N5O2. The van der Waals surface area contributed by atoms with Gasteiger partial charge >= 0.3 is 0 Å². The Labute approximate surface area is 166 Å². The third kappa shape index (κ3) is 4.04. The van der Waals surface area contributed by atoms with Gasteiger partial charge < -0.3 is 9.64 Å². The molecule has 1 aromatic heterocycles. The largest absolute Gasteiger partial charge is 0.496 e. The molecule has 150 valence electrons. The van der Waals surface area contributed by atoms with Crippen molar-refractivity contribution < 1.29 is 9.53 Å². The third-order valence-electron chi connectivity index (χ3n) is 5.84. The predicted molar refractivity (Wildman–Crippen MR) is 106 cm³/mol. The van der Waals surface area contributed by atoms with Crippen LogP contribution in [0.15, 0.2) is 24.4 Å². The van der Waals surface area contributed by atoms with Gasteiger partial charge in [-0.25, -0.2) is 4.68 Å². The van der Waals surface area contributed by atoms with Gasteiger partial charge in [0.15, 0.2) is 5.69 Å². The monoisotopic (exact) mass is 383 g/mol. The Morgan fingerprint density at radius 1 is 1.21 bits per heavy atom. The van der Waals surface area contributed by atoms with Gasteiger partial charge in [-0.15, -0.1) is 5.10 Å². The fourth-order valence-electron chi connectivity index (χ4n) is 4.32. The van der Waals surface area contributed by atoms with Crippen molar-refractivity contribution in [2.45, 2.75) is 45.2 Å². The number of carbonyl (C=O) groups is 1. The molecule has 2 aliphatic heterocycles. The van der Waals surface area contributed by atoms with E-state index < -0.39 is 0 Å². The van der Waals surface area contributed by atoms with Gasteiger partial charge in [0, 0.05) is 26.2 Å². The number of hydrogen-bond donors (Lipinski definition) is 0. The van der Waals surface area contributed by atoms with Crippen molar-refractivity contribution in [3.05, 3.63) is 41.2 Å². The SMILES string of the molecule is COc1ccc(CN2CCC[C@H](n3cc(C(=O)N4CCCC4)nn3)C2)cc1C. The van der Waals surface area contributed by atoms with Gasteiger partial charge in [0.25, 0.3) is 5.91 Å². The number of rotatable bonds is 5. The molecule has 0 N–H and O–H groups in total. The summed E-state index contributed by atoms with van der Waals surface area (Å²) in [5.74, 6) is 0.947. The second-order valence-corrected chi connectivity index (χ2v) is 7.92. The Balaban J connectivity index is 1.40. The van der Waals surface area contributed by atoms with Crippen LogP contribution >= 0.6 is 0 Å². The Morgan fingerprint density at radius 3 is 2.79 bits per heavy atom. The molecule has 0 unspecified atom stereocenters. The lowest BCUT2D eigenvalue weighted by molar-refractivity contribution is 0.0787. The minimum atomic E-state index is 0.0186. The summed E-state index contributed by atoms with van der Waals surface area (Å²) in [6.07, 6.45) is 6.20. The fraction of sp³-hybridized carbons (Fsp3) is 0.571. The van der Waals surface area contributed by atoms with Crippen molar-refractivity contribution in [2.24, 2.45) is 0 Å². The summed E-state index contributed by atoms with van der Waals surface area (Å²) in [5, 5.41) is 8.45. The van der Waals surface area contributed by atoms with Gasteiger partial charge in [-0.1, -0.05) is 17.3 Å². The number of amides is 1. The number of nitrogens with zero attached hydrogens (tertiary/aromatic N) is 5. The second-order valence-electron chi connectivity index (χ2n) is 7.92. The van der Waals surface area contributed by atoms with Gasteiger partial charge in [-0.05, 0) is 56.3 Å². The Kier molecular flexibility index (Phi) is 5.62. The molecule has 4 rings (SSSR count). The number of likely N-dealkylation sites (tertiary alicyclic amines) is 2. The number of piperidine rings is 1. The maximum Gasteiger partial charge on any atom is 0.276 e. The van der Waals surface area contributed by atoms with E-state index in [2.05, 4.69) is 34.3 Å². The van der Waals surface area contributed by atoms with Crippen molar-refractivity contribution in [1.82, 2.24) is 24.8 Å². The highest BCUT2D eigenvalue weighted by atomic mass is 16.5. The van der Waals surface area contributed by atoms with Crippen LogP contribution in [0.25, 0.3) is 0 Å². The summed E-state index contributed by atoms with van der Waals surface area (Å²) < 4.78 is 7.26. The van der Waals surface area contributed by atoms with Crippen molar-refractivity contribution in [2.75, 3.05) is 33.3 Å². The number of aryl methyl sites for hydroxylation is 1. The molecule has 1 aromatic carbocycles. The molecule has 7 nitrogen and oxygen atoms in total. The lowest BCUT2D eigenvalue weighted by atomic mass is 10.0. The van der Waals surface area contributed by atoms with Crippen LogP contribution in [0, 0.1) is 6.92 Å². The lowest BCUT2D eigenvalue weighted by Gasteiger charge is -2.32. The smallest absolute Gasteiger partial charge is 0.276 e. The average Bonchev–Trinajstić information content (AvgIpc) is 3.40. The summed E-state index contributed by atoms with van der Waals surface area (Å²) in [6, 6.07) is 6.64. The zero-order valence-electron chi connectivity index (χ0n) is 16.8. The van der Waals surface area contributed by atoms with E-state index in [4.69, 9.17) is 4.74 Å². The number of aromatic nitrogens is 3. The van der Waals surface area contributed by atoms with E-state index >= 15 is 0 Å². The highest BCUT2D eigenvalue weighted by Gasteiger charge is 2.26. The zero-order chi connectivity index (χ0) is 19.5. The second kappa shape index (κ2) is 8.31. The summed E-state index contributed by atoms with van der Waals surface area (Å²) in [7, 11) is 1.71. The predicted octanol–water partition coefficient (Wildman–Crippen LogP) is 2.67. The van der Waals surface area contributed by atoms with Crippen molar-refractivity contribution in [3.63, 3.8) is 0 Å². The van der Waals surface area contributed by atoms with E-state index in [1.807, 2.05) is 21.8 Å². The van der Waals surface area contributed by atoms with E-state index in [9.17, 15) is 4.79 Å². The van der Waals surface area contributed by atoms with Crippen LogP contribution in [0.1, 0.15) is 53.3 Å². The van der Waals surface area contributed by atoms with Gasteiger partial charge in [0.1, 0.15) is 5.75 Å². The lowest BCUT2D eigenvalue weighted by Crippen LogP contribution is -2.36. The third-order valence-corrected chi connectivity index (χ3v) is 5.84. The number of ether oxygens (including phenoxy) is 1. The first-order valence-corrected chi connectivity index (χ1v) is 10.2. The van der Waals surface area contributed by atoms with Gasteiger partial charge in [-0.2, -0.15) is 0 Å². The topological polar surface area (TPSA) is 63.5 Å². The highest BCUT2D eigenvalue weighted by molar-refractivity contribution is 5.92. The van der Waals surface area contributed by atoms with Gasteiger partial charge in [0.05, 0.1) is 19.3 Å². The van der Waals surface area contributed by atoms with Crippen LogP contribution in [0.5, 0.6) is 5.75 Å². The maximum atomic E-state index is 12.5. The van der Waals surface area contributed by atoms with E-state index in [0.717, 1.165) is 69.7 Å². The van der Waals surface area contributed by atoms with Crippen molar-refractivity contribution in [1.29, 1.82) is 0 Å². The minimum Gasteiger partial charge on any atom is -0.496 e. The number of carbonyl (C=O) groups excluding carboxylic acids is 1. The normalized spacial score (nSPS) is 20.5. The van der Waals surface area contributed by atoms with Crippen LogP contribution in [-0.2, 0) is 6.54 Å². The van der Waals surface area contributed by atoms with E-state index in [1.165, 1.54) is 5.56 Å². The van der Waals surface area contributed by atoms with E-state index in [-0.39, 0.29) is 11.9 Å². The van der Waals surface area contributed by atoms with Gasteiger partial charge in [0.2, 0.25) is 0 Å². The van der Waals surface area contributed by atoms with Crippen LogP contribution in [-0.4, -0.2) is 64.0 Å². The first-order chi connectivity index (χ1) is 13.6. The van der Waals surface area contributed by atoms with Crippen molar-refractivity contribution in [3.8, 4) is 5.75 Å². The molecule has 0 radical (unpaired) electrons. The average molecular weight is 383 g/mol. The minimum absolute atomic E-state index is 0.0186. The Bertz CT molecular complexity index is 828. The summed E-state index contributed by atoms with van der Waals surface area (Å²) in [5.41, 5.74) is 2.93. The molecule has 2 aromatic rings. The van der Waals surface area contributed by atoms with Crippen LogP contribution in [0.3, 0.4) is 0 Å². The standard InChI is InChI=1S/C21H29N5O2/c1-16-12-17(7-8-20(16)28-2)13-24-9-5-6-18(14-24)26-15-19(22-23-26)21(27)25-10-3-4-11-25/h7-8,12,15,18H,3-6,9-11,13-14H2,1-2H3/t18-/m0/s1. The summed E-state index contributed by atoms with van der Waals surface area (Å²) in [4.78, 5) is 16.9. The number of hydrogen-bond acceptors (Lipinski definition) is 5. The molecule has 0 spiro atoms. The van der Waals surface area contributed by atoms with Crippen LogP contribution in [0.2, 0.25) is 0 Å². The molecule has 0 saturated carbocycles. The number of benzene rings is 1. The van der Waals surface area contributed by atoms with Crippen LogP contribution in [0.4, 0.5) is 0 Å². The molecule has 0 bridgehead atoms. The molecule has 1 atom stereocenters. The summed E-state index contributed by atoms with van der Waals surface area (Å²) >= 11 is 0. The van der Waals surface area contributed by atoms with E-state index in [0.29, 0.717) is 5.69 Å². The van der Waals surface area contributed by atoms with Gasteiger partial charge in [-0.3, -0.25) is 9.69 Å². The fourth-order valence-corrected chi connectivity index (χ4v) is 4.32. The molecule has 2 saturated heterocycles. The molecule has 0 aliphatic carbocycles. The molecule has 1 amide bonds. The molecule has 28 heavy (non-hydrogen) atoms. The molecular weight excluding hydrogens is 354 g/mol. The maximum absolute atomic E-state index is 12.5. The zero-order valence-corrected chi connectivity index (χ0v) is 16.8. The molecule has 2 fully saturated rings. The Morgan fingerprint density at radius 2 is 2.04 bits per heavy atom. The molecule has 7 heteroatoms. The van der Waals surface area contributed by atoms with Crippen molar-refractivity contribution >= 4 is 5.91 Å². The first kappa shape index (κ1) is 18.9.